The van der Waals surface area contributed by atoms with E-state index in [-0.39, 0.29) is 11.7 Å². The molecule has 4 aromatic rings. The van der Waals surface area contributed by atoms with Crippen molar-refractivity contribution < 1.29 is 9.18 Å². The van der Waals surface area contributed by atoms with Crippen molar-refractivity contribution in [2.75, 3.05) is 26.2 Å². The molecule has 7 heteroatoms. The minimum atomic E-state index is -0.215. The number of fused-ring (bicyclic) bond motifs is 1. The van der Waals surface area contributed by atoms with E-state index in [1.807, 2.05) is 46.8 Å². The number of hydrogen-bond donors (Lipinski definition) is 0. The van der Waals surface area contributed by atoms with Crippen molar-refractivity contribution in [1.29, 1.82) is 0 Å². The molecule has 2 aromatic carbocycles. The number of carbonyl (C=O) groups excluding carboxylic acids is 1. The molecule has 0 bridgehead atoms. The van der Waals surface area contributed by atoms with Crippen LogP contribution in [0.4, 0.5) is 4.39 Å². The third-order valence-corrected chi connectivity index (χ3v) is 7.08. The molecule has 2 aromatic heterocycles. The Morgan fingerprint density at radius 1 is 1.03 bits per heavy atom. The topological polar surface area (TPSA) is 41.4 Å². The first-order valence-electron chi connectivity index (χ1n) is 10.8. The molecule has 0 aliphatic carbocycles. The van der Waals surface area contributed by atoms with Gasteiger partial charge in [0.25, 0.3) is 5.91 Å². The maximum atomic E-state index is 13.2. The average molecular weight is 449 g/mol. The van der Waals surface area contributed by atoms with Gasteiger partial charge in [0, 0.05) is 38.1 Å². The second-order valence-corrected chi connectivity index (χ2v) is 9.39. The maximum Gasteiger partial charge on any atom is 0.264 e. The molecular weight excluding hydrogens is 423 g/mol. The van der Waals surface area contributed by atoms with E-state index >= 15 is 0 Å². The van der Waals surface area contributed by atoms with Crippen LogP contribution in [0.3, 0.4) is 0 Å². The number of nitrogens with zero attached hydrogens (tertiary/aromatic N) is 4. The lowest BCUT2D eigenvalue weighted by molar-refractivity contribution is 0.0633. The summed E-state index contributed by atoms with van der Waals surface area (Å²) in [5.74, 6) is -0.129. The van der Waals surface area contributed by atoms with Crippen LogP contribution in [0.2, 0.25) is 0 Å². The first-order valence-corrected chi connectivity index (χ1v) is 11.6. The molecule has 5 rings (SSSR count). The molecule has 1 aliphatic rings. The van der Waals surface area contributed by atoms with E-state index in [2.05, 4.69) is 24.0 Å². The lowest BCUT2D eigenvalue weighted by Crippen LogP contribution is -2.48. The Kier molecular flexibility index (Phi) is 5.53. The quantitative estimate of drug-likeness (QED) is 0.450. The van der Waals surface area contributed by atoms with Gasteiger partial charge in [-0.15, -0.1) is 11.3 Å². The van der Waals surface area contributed by atoms with Crippen molar-refractivity contribution in [1.82, 2.24) is 19.6 Å². The number of piperazine rings is 1. The second kappa shape index (κ2) is 8.48. The predicted octanol–water partition coefficient (Wildman–Crippen LogP) is 4.80. The van der Waals surface area contributed by atoms with Gasteiger partial charge in [0.15, 0.2) is 0 Å². The summed E-state index contributed by atoms with van der Waals surface area (Å²) in [6, 6.07) is 16.9. The monoisotopic (exact) mass is 448 g/mol. The van der Waals surface area contributed by atoms with Crippen LogP contribution in [-0.2, 0) is 6.54 Å². The Morgan fingerprint density at radius 3 is 2.50 bits per heavy atom. The zero-order valence-electron chi connectivity index (χ0n) is 18.2. The van der Waals surface area contributed by atoms with Gasteiger partial charge in [-0.1, -0.05) is 24.3 Å². The van der Waals surface area contributed by atoms with E-state index in [9.17, 15) is 9.18 Å². The summed E-state index contributed by atoms with van der Waals surface area (Å²) in [6.07, 6.45) is 0. The fraction of sp³-hybridized carbons (Fsp3) is 0.280. The van der Waals surface area contributed by atoms with Crippen molar-refractivity contribution in [2.24, 2.45) is 0 Å². The standard InChI is InChI=1S/C25H25FN4OS/c1-17-4-3-5-21(14-17)30-25-22(18(2)27-30)15-23(32-25)24(31)29-12-10-28(11-13-29)16-19-6-8-20(26)9-7-19/h3-9,14-15H,10-13,16H2,1-2H3. The molecule has 1 saturated heterocycles. The Balaban J connectivity index is 1.30. The fourth-order valence-corrected chi connectivity index (χ4v) is 5.35. The lowest BCUT2D eigenvalue weighted by atomic mass is 10.2. The zero-order valence-corrected chi connectivity index (χ0v) is 19.0. The van der Waals surface area contributed by atoms with E-state index in [0.29, 0.717) is 13.1 Å². The highest BCUT2D eigenvalue weighted by Crippen LogP contribution is 2.31. The summed E-state index contributed by atoms with van der Waals surface area (Å²) < 4.78 is 15.1. The van der Waals surface area contributed by atoms with Gasteiger partial charge in [-0.05, 0) is 55.3 Å². The van der Waals surface area contributed by atoms with E-state index in [1.54, 1.807) is 0 Å². The number of amides is 1. The van der Waals surface area contributed by atoms with Crippen LogP contribution in [-0.4, -0.2) is 51.7 Å². The van der Waals surface area contributed by atoms with Crippen LogP contribution in [0.25, 0.3) is 15.9 Å². The molecule has 1 fully saturated rings. The summed E-state index contributed by atoms with van der Waals surface area (Å²) in [5, 5.41) is 5.74. The molecule has 5 nitrogen and oxygen atoms in total. The van der Waals surface area contributed by atoms with Crippen LogP contribution in [0.5, 0.6) is 0 Å². The Labute approximate surface area is 190 Å². The number of carbonyl (C=O) groups is 1. The van der Waals surface area contributed by atoms with Crippen molar-refractivity contribution >= 4 is 27.5 Å². The summed E-state index contributed by atoms with van der Waals surface area (Å²) >= 11 is 1.51. The van der Waals surface area contributed by atoms with Gasteiger partial charge in [-0.2, -0.15) is 5.10 Å². The van der Waals surface area contributed by atoms with E-state index in [4.69, 9.17) is 5.10 Å². The minimum absolute atomic E-state index is 0.0859. The zero-order chi connectivity index (χ0) is 22.2. The van der Waals surface area contributed by atoms with Gasteiger partial charge in [0.2, 0.25) is 0 Å². The van der Waals surface area contributed by atoms with Crippen LogP contribution in [0.1, 0.15) is 26.5 Å². The third kappa shape index (κ3) is 4.06. The first kappa shape index (κ1) is 20.8. The number of halogens is 1. The molecular formula is C25H25FN4OS. The molecule has 32 heavy (non-hydrogen) atoms. The van der Waals surface area contributed by atoms with Crippen LogP contribution in [0.15, 0.2) is 54.6 Å². The van der Waals surface area contributed by atoms with Gasteiger partial charge in [0.05, 0.1) is 16.3 Å². The smallest absolute Gasteiger partial charge is 0.264 e. The Morgan fingerprint density at radius 2 is 1.78 bits per heavy atom. The summed E-state index contributed by atoms with van der Waals surface area (Å²) in [4.78, 5) is 19.2. The molecule has 0 spiro atoms. The largest absolute Gasteiger partial charge is 0.335 e. The van der Waals surface area contributed by atoms with Crippen molar-refractivity contribution in [3.63, 3.8) is 0 Å². The number of aromatic nitrogens is 2. The summed E-state index contributed by atoms with van der Waals surface area (Å²) in [5.41, 5.74) is 4.21. The third-order valence-electron chi connectivity index (χ3n) is 5.98. The van der Waals surface area contributed by atoms with Crippen molar-refractivity contribution in [3.8, 4) is 5.69 Å². The Bertz CT molecular complexity index is 1270. The molecule has 1 amide bonds. The van der Waals surface area contributed by atoms with Gasteiger partial charge in [-0.3, -0.25) is 9.69 Å². The predicted molar refractivity (Wildman–Crippen MR) is 126 cm³/mol. The van der Waals surface area contributed by atoms with Crippen LogP contribution in [0, 0.1) is 19.7 Å². The van der Waals surface area contributed by atoms with Gasteiger partial charge in [0.1, 0.15) is 10.6 Å². The fourth-order valence-electron chi connectivity index (χ4n) is 4.20. The molecule has 0 N–H and O–H groups in total. The van der Waals surface area contributed by atoms with Crippen LogP contribution >= 0.6 is 11.3 Å². The normalized spacial score (nSPS) is 14.9. The summed E-state index contributed by atoms with van der Waals surface area (Å²) in [6.45, 7) is 7.83. The average Bonchev–Trinajstić information content (AvgIpc) is 3.36. The molecule has 164 valence electrons. The molecule has 3 heterocycles. The van der Waals surface area contributed by atoms with Crippen molar-refractivity contribution in [2.45, 2.75) is 20.4 Å². The van der Waals surface area contributed by atoms with E-state index in [0.717, 1.165) is 51.7 Å². The highest BCUT2D eigenvalue weighted by atomic mass is 32.1. The highest BCUT2D eigenvalue weighted by molar-refractivity contribution is 7.20. The molecule has 0 saturated carbocycles. The van der Waals surface area contributed by atoms with Crippen LogP contribution < -0.4 is 0 Å². The van der Waals surface area contributed by atoms with Gasteiger partial charge >= 0.3 is 0 Å². The number of thiophene rings is 1. The van der Waals surface area contributed by atoms with Gasteiger partial charge in [-0.25, -0.2) is 9.07 Å². The SMILES string of the molecule is Cc1cccc(-n2nc(C)c3cc(C(=O)N4CCN(Cc5ccc(F)cc5)CC4)sc32)c1. The number of rotatable bonds is 4. The van der Waals surface area contributed by atoms with Gasteiger partial charge < -0.3 is 4.90 Å². The highest BCUT2D eigenvalue weighted by Gasteiger charge is 2.25. The first-order chi connectivity index (χ1) is 15.5. The molecule has 0 radical (unpaired) electrons. The van der Waals surface area contributed by atoms with E-state index < -0.39 is 0 Å². The maximum absolute atomic E-state index is 13.2. The molecule has 0 atom stereocenters. The Hall–Kier alpha value is -3.03. The lowest BCUT2D eigenvalue weighted by Gasteiger charge is -2.34. The molecule has 1 aliphatic heterocycles. The van der Waals surface area contributed by atoms with Crippen molar-refractivity contribution in [3.05, 3.63) is 82.1 Å². The second-order valence-electron chi connectivity index (χ2n) is 8.36. The minimum Gasteiger partial charge on any atom is -0.335 e. The molecule has 0 unspecified atom stereocenters. The number of hydrogen-bond acceptors (Lipinski definition) is 4. The summed E-state index contributed by atoms with van der Waals surface area (Å²) in [7, 11) is 0. The van der Waals surface area contributed by atoms with E-state index in [1.165, 1.54) is 29.0 Å². The number of aryl methyl sites for hydroxylation is 2. The number of benzene rings is 2.